The van der Waals surface area contributed by atoms with E-state index in [-0.39, 0.29) is 5.91 Å². The molecule has 0 spiro atoms. The highest BCUT2D eigenvalue weighted by molar-refractivity contribution is 5.94. The first kappa shape index (κ1) is 21.6. The third kappa shape index (κ3) is 4.46. The van der Waals surface area contributed by atoms with Crippen LogP contribution in [0.3, 0.4) is 0 Å². The van der Waals surface area contributed by atoms with E-state index in [1.54, 1.807) is 6.20 Å². The third-order valence-corrected chi connectivity index (χ3v) is 5.75. The van der Waals surface area contributed by atoms with E-state index >= 15 is 0 Å². The summed E-state index contributed by atoms with van der Waals surface area (Å²) in [5.74, 6) is -0.0564. The zero-order valence-corrected chi connectivity index (χ0v) is 19.2. The van der Waals surface area contributed by atoms with Crippen LogP contribution in [-0.4, -0.2) is 57.2 Å². The molecule has 0 saturated heterocycles. The molecule has 0 unspecified atom stereocenters. The SMILES string of the molecule is CN(C)CCNC(=O)c1ccc(-c2ccn3c(-c4cccc(-n5cccn5)c4)cnc3c2)cc1. The highest BCUT2D eigenvalue weighted by Gasteiger charge is 2.10. The molecule has 7 nitrogen and oxygen atoms in total. The summed E-state index contributed by atoms with van der Waals surface area (Å²) >= 11 is 0. The number of pyridine rings is 1. The predicted molar refractivity (Wildman–Crippen MR) is 134 cm³/mol. The molecule has 3 heterocycles. The first-order valence-corrected chi connectivity index (χ1v) is 11.2. The molecule has 170 valence electrons. The molecule has 0 saturated carbocycles. The number of rotatable bonds is 7. The monoisotopic (exact) mass is 450 g/mol. The minimum atomic E-state index is -0.0564. The van der Waals surface area contributed by atoms with Crippen molar-refractivity contribution in [3.63, 3.8) is 0 Å². The van der Waals surface area contributed by atoms with E-state index in [0.29, 0.717) is 12.1 Å². The van der Waals surface area contributed by atoms with Crippen molar-refractivity contribution in [1.82, 2.24) is 29.4 Å². The van der Waals surface area contributed by atoms with Crippen LogP contribution in [0, 0.1) is 0 Å². The Bertz CT molecular complexity index is 1420. The standard InChI is InChI=1S/C27H26N6O/c1-31(2)16-13-28-27(34)21-9-7-20(8-10-21)22-11-15-32-25(19-29-26(32)18-22)23-5-3-6-24(17-23)33-14-4-12-30-33/h3-12,14-15,17-19H,13,16H2,1-2H3,(H,28,34). The molecule has 1 N–H and O–H groups in total. The highest BCUT2D eigenvalue weighted by Crippen LogP contribution is 2.26. The van der Waals surface area contributed by atoms with Gasteiger partial charge in [0, 0.05) is 42.8 Å². The van der Waals surface area contributed by atoms with Crippen molar-refractivity contribution in [2.75, 3.05) is 27.2 Å². The minimum Gasteiger partial charge on any atom is -0.351 e. The van der Waals surface area contributed by atoms with Crippen molar-refractivity contribution < 1.29 is 4.79 Å². The Morgan fingerprint density at radius 3 is 2.56 bits per heavy atom. The number of aromatic nitrogens is 4. The van der Waals surface area contributed by atoms with Crippen LogP contribution in [0.5, 0.6) is 0 Å². The first-order chi connectivity index (χ1) is 16.6. The normalized spacial score (nSPS) is 11.3. The third-order valence-electron chi connectivity index (χ3n) is 5.75. The summed E-state index contributed by atoms with van der Waals surface area (Å²) in [7, 11) is 3.97. The van der Waals surface area contributed by atoms with E-state index in [9.17, 15) is 4.79 Å². The maximum Gasteiger partial charge on any atom is 0.251 e. The number of amides is 1. The van der Waals surface area contributed by atoms with Gasteiger partial charge in [0.1, 0.15) is 5.65 Å². The van der Waals surface area contributed by atoms with Gasteiger partial charge in [-0.15, -0.1) is 0 Å². The second-order valence-electron chi connectivity index (χ2n) is 8.42. The summed E-state index contributed by atoms with van der Waals surface area (Å²) in [4.78, 5) is 19.0. The van der Waals surface area contributed by atoms with Crippen LogP contribution in [0.25, 0.3) is 33.7 Å². The van der Waals surface area contributed by atoms with Crippen molar-refractivity contribution in [2.24, 2.45) is 0 Å². The van der Waals surface area contributed by atoms with Crippen molar-refractivity contribution in [2.45, 2.75) is 0 Å². The van der Waals surface area contributed by atoms with Crippen LogP contribution in [0.1, 0.15) is 10.4 Å². The van der Waals surface area contributed by atoms with Gasteiger partial charge in [0.15, 0.2) is 0 Å². The summed E-state index contributed by atoms with van der Waals surface area (Å²) in [6.07, 6.45) is 7.63. The fourth-order valence-electron chi connectivity index (χ4n) is 3.91. The molecule has 0 aliphatic rings. The topological polar surface area (TPSA) is 67.5 Å². The number of carbonyl (C=O) groups is 1. The van der Waals surface area contributed by atoms with Gasteiger partial charge in [0.05, 0.1) is 17.6 Å². The van der Waals surface area contributed by atoms with E-state index in [0.717, 1.165) is 40.3 Å². The Morgan fingerprint density at radius 1 is 0.941 bits per heavy atom. The molecule has 5 rings (SSSR count). The number of hydrogen-bond donors (Lipinski definition) is 1. The number of hydrogen-bond acceptors (Lipinski definition) is 4. The largest absolute Gasteiger partial charge is 0.351 e. The molecule has 0 atom stereocenters. The molecule has 5 aromatic rings. The summed E-state index contributed by atoms with van der Waals surface area (Å²) < 4.78 is 3.93. The lowest BCUT2D eigenvalue weighted by atomic mass is 10.0. The highest BCUT2D eigenvalue weighted by atomic mass is 16.1. The molecule has 1 amide bonds. The number of imidazole rings is 1. The van der Waals surface area contributed by atoms with Crippen molar-refractivity contribution in [3.8, 4) is 28.1 Å². The second kappa shape index (κ2) is 9.33. The summed E-state index contributed by atoms with van der Waals surface area (Å²) in [6.45, 7) is 1.43. The van der Waals surface area contributed by atoms with Crippen LogP contribution in [-0.2, 0) is 0 Å². The maximum atomic E-state index is 12.3. The molecule has 7 heteroatoms. The predicted octanol–water partition coefficient (Wildman–Crippen LogP) is 4.15. The smallest absolute Gasteiger partial charge is 0.251 e. The zero-order valence-electron chi connectivity index (χ0n) is 19.2. The summed E-state index contributed by atoms with van der Waals surface area (Å²) in [5.41, 5.74) is 6.69. The van der Waals surface area contributed by atoms with Gasteiger partial charge in [-0.25, -0.2) is 9.67 Å². The van der Waals surface area contributed by atoms with Gasteiger partial charge in [-0.3, -0.25) is 9.20 Å². The number of nitrogens with one attached hydrogen (secondary N) is 1. The van der Waals surface area contributed by atoms with E-state index in [1.165, 1.54) is 0 Å². The Kier molecular flexibility index (Phi) is 5.93. The van der Waals surface area contributed by atoms with Gasteiger partial charge in [-0.05, 0) is 67.7 Å². The molecule has 34 heavy (non-hydrogen) atoms. The Balaban J connectivity index is 1.37. The molecule has 0 aliphatic carbocycles. The number of likely N-dealkylation sites (N-methyl/N-ethyl adjacent to an activating group) is 1. The van der Waals surface area contributed by atoms with E-state index < -0.39 is 0 Å². The fourth-order valence-corrected chi connectivity index (χ4v) is 3.91. The summed E-state index contributed by atoms with van der Waals surface area (Å²) in [6, 6.07) is 22.0. The lowest BCUT2D eigenvalue weighted by molar-refractivity contribution is 0.0951. The van der Waals surface area contributed by atoms with Gasteiger partial charge in [0.2, 0.25) is 0 Å². The van der Waals surface area contributed by atoms with Crippen LogP contribution in [0.4, 0.5) is 0 Å². The van der Waals surface area contributed by atoms with Crippen molar-refractivity contribution in [1.29, 1.82) is 0 Å². The number of nitrogens with zero attached hydrogens (tertiary/aromatic N) is 5. The van der Waals surface area contributed by atoms with Gasteiger partial charge in [0.25, 0.3) is 5.91 Å². The molecule has 3 aromatic heterocycles. The average molecular weight is 451 g/mol. The fraction of sp³-hybridized carbons (Fsp3) is 0.148. The van der Waals surface area contributed by atoms with Crippen LogP contribution in [0.2, 0.25) is 0 Å². The molecule has 0 aliphatic heterocycles. The number of benzene rings is 2. The number of fused-ring (bicyclic) bond motifs is 1. The molecule has 2 aromatic carbocycles. The molecule has 0 radical (unpaired) electrons. The van der Waals surface area contributed by atoms with Crippen LogP contribution < -0.4 is 5.32 Å². The molecule has 0 fully saturated rings. The lowest BCUT2D eigenvalue weighted by Gasteiger charge is -2.11. The molecular formula is C27H26N6O. The Labute approximate surface area is 198 Å². The van der Waals surface area contributed by atoms with E-state index in [4.69, 9.17) is 0 Å². The lowest BCUT2D eigenvalue weighted by Crippen LogP contribution is -2.31. The molecule has 0 bridgehead atoms. The minimum absolute atomic E-state index is 0.0564. The Morgan fingerprint density at radius 2 is 1.79 bits per heavy atom. The quantitative estimate of drug-likeness (QED) is 0.405. The van der Waals surface area contributed by atoms with Crippen molar-refractivity contribution >= 4 is 11.6 Å². The summed E-state index contributed by atoms with van der Waals surface area (Å²) in [5, 5.41) is 7.27. The number of carbonyl (C=O) groups excluding carboxylic acids is 1. The van der Waals surface area contributed by atoms with Crippen molar-refractivity contribution in [3.05, 3.63) is 97.1 Å². The maximum absolute atomic E-state index is 12.3. The van der Waals surface area contributed by atoms with Gasteiger partial charge >= 0.3 is 0 Å². The first-order valence-electron chi connectivity index (χ1n) is 11.2. The van der Waals surface area contributed by atoms with Crippen LogP contribution in [0.15, 0.2) is 91.5 Å². The van der Waals surface area contributed by atoms with Gasteiger partial charge < -0.3 is 10.2 Å². The average Bonchev–Trinajstić information content (AvgIpc) is 3.54. The second-order valence-corrected chi connectivity index (χ2v) is 8.42. The Hall–Kier alpha value is -4.23. The van der Waals surface area contributed by atoms with E-state index in [2.05, 4.69) is 44.1 Å². The van der Waals surface area contributed by atoms with Crippen LogP contribution >= 0.6 is 0 Å². The molecular weight excluding hydrogens is 424 g/mol. The van der Waals surface area contributed by atoms with Gasteiger partial charge in [-0.2, -0.15) is 5.10 Å². The zero-order chi connectivity index (χ0) is 23.5. The van der Waals surface area contributed by atoms with Gasteiger partial charge in [-0.1, -0.05) is 24.3 Å². The van der Waals surface area contributed by atoms with E-state index in [1.807, 2.05) is 84.7 Å².